The first-order valence-corrected chi connectivity index (χ1v) is 9.15. The third-order valence-corrected chi connectivity index (χ3v) is 5.46. The number of rotatable bonds is 3. The minimum atomic E-state index is -0.278. The van der Waals surface area contributed by atoms with Crippen LogP contribution in [0.15, 0.2) is 41.9 Å². The highest BCUT2D eigenvalue weighted by atomic mass is 32.1. The number of carbonyl (C=O) groups excluding carboxylic acids is 1. The molecule has 0 unspecified atom stereocenters. The first-order chi connectivity index (χ1) is 12.1. The summed E-state index contributed by atoms with van der Waals surface area (Å²) in [6, 6.07) is 9.39. The maximum Gasteiger partial charge on any atom is 0.269 e. The molecule has 1 amide bonds. The Hall–Kier alpha value is -2.84. The lowest BCUT2D eigenvalue weighted by molar-refractivity contribution is 0.103. The number of amides is 1. The van der Waals surface area contributed by atoms with E-state index in [1.165, 1.54) is 22.7 Å². The fourth-order valence-corrected chi connectivity index (χ4v) is 4.11. The van der Waals surface area contributed by atoms with Gasteiger partial charge in [0.05, 0.1) is 11.4 Å². The average molecular weight is 367 g/mol. The van der Waals surface area contributed by atoms with Gasteiger partial charge in [-0.25, -0.2) is 9.97 Å². The molecule has 25 heavy (non-hydrogen) atoms. The second-order valence-electron chi connectivity index (χ2n) is 5.36. The molecule has 0 bridgehead atoms. The van der Waals surface area contributed by atoms with Crippen molar-refractivity contribution in [1.29, 1.82) is 0 Å². The monoisotopic (exact) mass is 367 g/mol. The van der Waals surface area contributed by atoms with Gasteiger partial charge in [0.25, 0.3) is 5.91 Å². The lowest BCUT2D eigenvalue weighted by Crippen LogP contribution is -2.11. The van der Waals surface area contributed by atoms with Gasteiger partial charge in [-0.3, -0.25) is 15.1 Å². The SMILES string of the molecule is Cc1ccc2c(N)c(C(=O)Nc3nc(-c4ccccn4)cs3)sc2n1. The minimum Gasteiger partial charge on any atom is -0.397 e. The Bertz CT molecular complexity index is 1070. The zero-order chi connectivity index (χ0) is 17.4. The number of thiophene rings is 1. The number of pyridine rings is 2. The molecule has 4 rings (SSSR count). The second-order valence-corrected chi connectivity index (χ2v) is 7.21. The summed E-state index contributed by atoms with van der Waals surface area (Å²) in [7, 11) is 0. The van der Waals surface area contributed by atoms with Crippen LogP contribution in [0, 0.1) is 6.92 Å². The van der Waals surface area contributed by atoms with E-state index in [0.717, 1.165) is 27.3 Å². The van der Waals surface area contributed by atoms with Crippen molar-refractivity contribution in [3.63, 3.8) is 0 Å². The Kier molecular flexibility index (Phi) is 3.90. The van der Waals surface area contributed by atoms with Crippen molar-refractivity contribution < 1.29 is 4.79 Å². The van der Waals surface area contributed by atoms with Crippen LogP contribution in [0.4, 0.5) is 10.8 Å². The molecule has 0 aliphatic heterocycles. The number of aryl methyl sites for hydroxylation is 1. The molecule has 0 radical (unpaired) electrons. The Morgan fingerprint density at radius 2 is 2.04 bits per heavy atom. The van der Waals surface area contributed by atoms with Gasteiger partial charge in [0.15, 0.2) is 5.13 Å². The molecule has 0 spiro atoms. The average Bonchev–Trinajstić information content (AvgIpc) is 3.20. The molecule has 3 N–H and O–H groups in total. The largest absolute Gasteiger partial charge is 0.397 e. The van der Waals surface area contributed by atoms with E-state index in [1.54, 1.807) is 6.20 Å². The smallest absolute Gasteiger partial charge is 0.269 e. The van der Waals surface area contributed by atoms with Crippen molar-refractivity contribution in [3.8, 4) is 11.4 Å². The van der Waals surface area contributed by atoms with Gasteiger partial charge in [-0.15, -0.1) is 22.7 Å². The van der Waals surface area contributed by atoms with Crippen LogP contribution in [0.3, 0.4) is 0 Å². The summed E-state index contributed by atoms with van der Waals surface area (Å²) in [6.07, 6.45) is 1.71. The number of carbonyl (C=O) groups is 1. The Morgan fingerprint density at radius 3 is 2.84 bits per heavy atom. The van der Waals surface area contributed by atoms with Crippen molar-refractivity contribution >= 4 is 49.6 Å². The van der Waals surface area contributed by atoms with Crippen LogP contribution in [0.5, 0.6) is 0 Å². The number of fused-ring (bicyclic) bond motifs is 1. The molecular weight excluding hydrogens is 354 g/mol. The van der Waals surface area contributed by atoms with Crippen LogP contribution in [0.2, 0.25) is 0 Å². The molecule has 0 aromatic carbocycles. The number of nitrogens with zero attached hydrogens (tertiary/aromatic N) is 3. The molecule has 0 aliphatic rings. The maximum atomic E-state index is 12.6. The van der Waals surface area contributed by atoms with E-state index in [4.69, 9.17) is 5.73 Å². The molecule has 0 atom stereocenters. The van der Waals surface area contributed by atoms with Crippen LogP contribution in [-0.4, -0.2) is 20.9 Å². The van der Waals surface area contributed by atoms with E-state index in [2.05, 4.69) is 20.3 Å². The van der Waals surface area contributed by atoms with Gasteiger partial charge in [0.2, 0.25) is 0 Å². The topological polar surface area (TPSA) is 93.8 Å². The van der Waals surface area contributed by atoms with E-state index in [0.29, 0.717) is 15.7 Å². The zero-order valence-electron chi connectivity index (χ0n) is 13.2. The molecular formula is C17H13N5OS2. The predicted molar refractivity (Wildman–Crippen MR) is 102 cm³/mol. The molecule has 4 heterocycles. The van der Waals surface area contributed by atoms with E-state index < -0.39 is 0 Å². The van der Waals surface area contributed by atoms with Gasteiger partial charge in [-0.05, 0) is 31.2 Å². The van der Waals surface area contributed by atoms with Crippen LogP contribution >= 0.6 is 22.7 Å². The highest BCUT2D eigenvalue weighted by Gasteiger charge is 2.18. The van der Waals surface area contributed by atoms with Crippen molar-refractivity contribution in [2.24, 2.45) is 0 Å². The summed E-state index contributed by atoms with van der Waals surface area (Å²) in [5, 5.41) is 5.97. The van der Waals surface area contributed by atoms with Crippen LogP contribution < -0.4 is 11.1 Å². The summed E-state index contributed by atoms with van der Waals surface area (Å²) in [5.41, 5.74) is 8.95. The maximum absolute atomic E-state index is 12.6. The predicted octanol–water partition coefficient (Wildman–Crippen LogP) is 3.96. The molecule has 0 saturated carbocycles. The number of aromatic nitrogens is 3. The fraction of sp³-hybridized carbons (Fsp3) is 0.0588. The Morgan fingerprint density at radius 1 is 1.16 bits per heavy atom. The summed E-state index contributed by atoms with van der Waals surface area (Å²) < 4.78 is 0. The number of nitrogens with two attached hydrogens (primary N) is 1. The molecule has 8 heteroatoms. The Balaban J connectivity index is 1.60. The molecule has 0 saturated heterocycles. The first-order valence-electron chi connectivity index (χ1n) is 7.46. The first kappa shape index (κ1) is 15.7. The van der Waals surface area contributed by atoms with E-state index in [-0.39, 0.29) is 5.91 Å². The summed E-state index contributed by atoms with van der Waals surface area (Å²) in [6.45, 7) is 1.91. The number of thiazole rings is 1. The minimum absolute atomic E-state index is 0.278. The molecule has 4 aromatic rings. The van der Waals surface area contributed by atoms with E-state index in [1.807, 2.05) is 42.6 Å². The van der Waals surface area contributed by atoms with Gasteiger partial charge in [0.1, 0.15) is 15.4 Å². The lowest BCUT2D eigenvalue weighted by Gasteiger charge is -2.00. The second kappa shape index (κ2) is 6.23. The number of anilines is 2. The van der Waals surface area contributed by atoms with Gasteiger partial charge in [-0.2, -0.15) is 0 Å². The van der Waals surface area contributed by atoms with Crippen molar-refractivity contribution in [1.82, 2.24) is 15.0 Å². The standard InChI is InChI=1S/C17H13N5OS2/c1-9-5-6-10-13(18)14(25-16(10)20-9)15(23)22-17-21-12(8-24-17)11-4-2-3-7-19-11/h2-8H,18H2,1H3,(H,21,22,23). The normalized spacial score (nSPS) is 10.9. The summed E-state index contributed by atoms with van der Waals surface area (Å²) in [4.78, 5) is 26.9. The molecule has 0 aliphatic carbocycles. The number of nitrogens with one attached hydrogen (secondary N) is 1. The van der Waals surface area contributed by atoms with Gasteiger partial charge < -0.3 is 5.73 Å². The van der Waals surface area contributed by atoms with E-state index >= 15 is 0 Å². The van der Waals surface area contributed by atoms with Crippen LogP contribution in [0.1, 0.15) is 15.4 Å². The summed E-state index contributed by atoms with van der Waals surface area (Å²) in [5.74, 6) is -0.278. The van der Waals surface area contributed by atoms with Gasteiger partial charge in [-0.1, -0.05) is 6.07 Å². The number of hydrogen-bond donors (Lipinski definition) is 2. The van der Waals surface area contributed by atoms with Crippen molar-refractivity contribution in [3.05, 3.63) is 52.5 Å². The molecule has 124 valence electrons. The quantitative estimate of drug-likeness (QED) is 0.572. The van der Waals surface area contributed by atoms with Crippen LogP contribution in [-0.2, 0) is 0 Å². The van der Waals surface area contributed by atoms with E-state index in [9.17, 15) is 4.79 Å². The van der Waals surface area contributed by atoms with Crippen molar-refractivity contribution in [2.75, 3.05) is 11.1 Å². The van der Waals surface area contributed by atoms with Gasteiger partial charge in [0, 0.05) is 22.7 Å². The molecule has 0 fully saturated rings. The van der Waals surface area contributed by atoms with Gasteiger partial charge >= 0.3 is 0 Å². The molecule has 6 nitrogen and oxygen atoms in total. The van der Waals surface area contributed by atoms with Crippen molar-refractivity contribution in [2.45, 2.75) is 6.92 Å². The zero-order valence-corrected chi connectivity index (χ0v) is 14.8. The summed E-state index contributed by atoms with van der Waals surface area (Å²) >= 11 is 2.63. The highest BCUT2D eigenvalue weighted by molar-refractivity contribution is 7.21. The van der Waals surface area contributed by atoms with Crippen LogP contribution in [0.25, 0.3) is 21.6 Å². The lowest BCUT2D eigenvalue weighted by atomic mass is 10.2. The number of hydrogen-bond acceptors (Lipinski definition) is 7. The third-order valence-electron chi connectivity index (χ3n) is 3.59. The molecule has 4 aromatic heterocycles. The fourth-order valence-electron chi connectivity index (χ4n) is 2.38. The number of nitrogen functional groups attached to an aromatic ring is 1. The third kappa shape index (κ3) is 2.97. The Labute approximate surface area is 151 Å². The highest BCUT2D eigenvalue weighted by Crippen LogP contribution is 2.33.